The highest BCUT2D eigenvalue weighted by molar-refractivity contribution is 5.79. The lowest BCUT2D eigenvalue weighted by molar-refractivity contribution is 0.0888. The van der Waals surface area contributed by atoms with Crippen molar-refractivity contribution in [2.45, 2.75) is 32.7 Å². The molecule has 7 nitrogen and oxygen atoms in total. The number of hydrogen-bond acceptors (Lipinski definition) is 5. The minimum Gasteiger partial charge on any atom is -0.381 e. The summed E-state index contributed by atoms with van der Waals surface area (Å²) < 4.78 is 11.2. The molecular formula is C24H41N5O2. The summed E-state index contributed by atoms with van der Waals surface area (Å²) in [5, 5.41) is 6.80. The van der Waals surface area contributed by atoms with E-state index >= 15 is 0 Å². The number of anilines is 1. The Morgan fingerprint density at radius 3 is 2.71 bits per heavy atom. The first kappa shape index (κ1) is 23.8. The number of nitrogens with zero attached hydrogens (tertiary/aromatic N) is 3. The van der Waals surface area contributed by atoms with Gasteiger partial charge in [-0.3, -0.25) is 9.89 Å². The monoisotopic (exact) mass is 431 g/mol. The van der Waals surface area contributed by atoms with Crippen LogP contribution in [-0.2, 0) is 9.47 Å². The van der Waals surface area contributed by atoms with E-state index in [9.17, 15) is 0 Å². The highest BCUT2D eigenvalue weighted by atomic mass is 16.5. The van der Waals surface area contributed by atoms with Crippen LogP contribution in [0.15, 0.2) is 35.3 Å². The minimum absolute atomic E-state index is 0.436. The summed E-state index contributed by atoms with van der Waals surface area (Å²) in [6.45, 7) is 14.6. The van der Waals surface area contributed by atoms with Gasteiger partial charge >= 0.3 is 0 Å². The molecule has 2 saturated heterocycles. The van der Waals surface area contributed by atoms with Crippen molar-refractivity contribution in [1.29, 1.82) is 0 Å². The van der Waals surface area contributed by atoms with Gasteiger partial charge in [-0.2, -0.15) is 0 Å². The van der Waals surface area contributed by atoms with E-state index in [0.29, 0.717) is 12.0 Å². The molecule has 0 aliphatic carbocycles. The molecule has 2 N–H and O–H groups in total. The van der Waals surface area contributed by atoms with E-state index in [4.69, 9.17) is 14.5 Å². The Bertz CT molecular complexity index is 628. The van der Waals surface area contributed by atoms with Crippen LogP contribution in [0.4, 0.5) is 5.69 Å². The fourth-order valence-corrected chi connectivity index (χ4v) is 4.09. The van der Waals surface area contributed by atoms with Gasteiger partial charge in [0.1, 0.15) is 0 Å². The fraction of sp³-hybridized carbons (Fsp3) is 0.708. The molecule has 0 amide bonds. The van der Waals surface area contributed by atoms with Crippen molar-refractivity contribution in [3.05, 3.63) is 30.3 Å². The molecule has 0 radical (unpaired) electrons. The Kier molecular flexibility index (Phi) is 10.4. The number of ether oxygens (including phenoxy) is 2. The Balaban J connectivity index is 1.32. The molecule has 0 bridgehead atoms. The van der Waals surface area contributed by atoms with E-state index in [1.165, 1.54) is 5.69 Å². The van der Waals surface area contributed by atoms with E-state index in [-0.39, 0.29) is 0 Å². The van der Waals surface area contributed by atoms with Crippen LogP contribution < -0.4 is 15.5 Å². The van der Waals surface area contributed by atoms with Crippen LogP contribution in [0.25, 0.3) is 0 Å². The molecule has 0 spiro atoms. The second kappa shape index (κ2) is 13.6. The van der Waals surface area contributed by atoms with Crippen LogP contribution in [0.2, 0.25) is 0 Å². The molecule has 174 valence electrons. The Morgan fingerprint density at radius 1 is 1.19 bits per heavy atom. The fourth-order valence-electron chi connectivity index (χ4n) is 4.09. The number of rotatable bonds is 11. The first-order chi connectivity index (χ1) is 15.3. The molecule has 7 heteroatoms. The standard InChI is InChI=1S/C24H41N5O2/c1-3-25-24(26-11-7-16-30-19-22-10-17-31-20-22)27-18-21(2)28-12-14-29(15-13-28)23-8-5-4-6-9-23/h4-6,8-9,21-22H,3,7,10-20H2,1-2H3,(H2,25,26,27). The lowest BCUT2D eigenvalue weighted by atomic mass is 10.1. The predicted molar refractivity (Wildman–Crippen MR) is 128 cm³/mol. The lowest BCUT2D eigenvalue weighted by Gasteiger charge is -2.38. The number of guanidine groups is 1. The second-order valence-electron chi connectivity index (χ2n) is 8.51. The number of hydrogen-bond donors (Lipinski definition) is 2. The second-order valence-corrected chi connectivity index (χ2v) is 8.51. The van der Waals surface area contributed by atoms with E-state index in [1.807, 2.05) is 0 Å². The van der Waals surface area contributed by atoms with Crippen LogP contribution in [0.3, 0.4) is 0 Å². The molecule has 31 heavy (non-hydrogen) atoms. The van der Waals surface area contributed by atoms with Crippen molar-refractivity contribution in [3.63, 3.8) is 0 Å². The van der Waals surface area contributed by atoms with Crippen molar-refractivity contribution in [2.24, 2.45) is 10.9 Å². The molecule has 3 rings (SSSR count). The van der Waals surface area contributed by atoms with Crippen molar-refractivity contribution >= 4 is 11.6 Å². The maximum atomic E-state index is 5.79. The van der Waals surface area contributed by atoms with Crippen molar-refractivity contribution < 1.29 is 9.47 Å². The first-order valence-corrected chi connectivity index (χ1v) is 12.0. The smallest absolute Gasteiger partial charge is 0.191 e. The summed E-state index contributed by atoms with van der Waals surface area (Å²) in [5.74, 6) is 1.49. The van der Waals surface area contributed by atoms with E-state index in [1.54, 1.807) is 0 Å². The summed E-state index contributed by atoms with van der Waals surface area (Å²) in [5.41, 5.74) is 1.33. The largest absolute Gasteiger partial charge is 0.381 e. The number of aliphatic imine (C=N–C) groups is 1. The normalized spacial score (nSPS) is 21.3. The van der Waals surface area contributed by atoms with Gasteiger partial charge in [0.2, 0.25) is 0 Å². The lowest BCUT2D eigenvalue weighted by Crippen LogP contribution is -2.50. The zero-order valence-corrected chi connectivity index (χ0v) is 19.4. The van der Waals surface area contributed by atoms with Crippen molar-refractivity contribution in [1.82, 2.24) is 15.5 Å². The molecule has 2 atom stereocenters. The molecule has 0 aromatic heterocycles. The SMILES string of the molecule is CCNC(=NCC(C)N1CCN(c2ccccc2)CC1)NCCCOCC1CCOC1. The number of benzene rings is 1. The third kappa shape index (κ3) is 8.31. The zero-order valence-electron chi connectivity index (χ0n) is 19.4. The first-order valence-electron chi connectivity index (χ1n) is 12.0. The summed E-state index contributed by atoms with van der Waals surface area (Å²) in [7, 11) is 0. The zero-order chi connectivity index (χ0) is 21.7. The van der Waals surface area contributed by atoms with Gasteiger partial charge in [0.15, 0.2) is 5.96 Å². The third-order valence-electron chi connectivity index (χ3n) is 6.05. The van der Waals surface area contributed by atoms with Gasteiger partial charge in [0.05, 0.1) is 19.8 Å². The van der Waals surface area contributed by atoms with Crippen LogP contribution in [-0.4, -0.2) is 89.1 Å². The molecule has 2 fully saturated rings. The maximum absolute atomic E-state index is 5.79. The number of para-hydroxylation sites is 1. The predicted octanol–water partition coefficient (Wildman–Crippen LogP) is 2.20. The maximum Gasteiger partial charge on any atom is 0.191 e. The Labute approximate surface area is 188 Å². The van der Waals surface area contributed by atoms with Gasteiger partial charge in [-0.15, -0.1) is 0 Å². The molecule has 2 heterocycles. The van der Waals surface area contributed by atoms with Gasteiger partial charge in [0.25, 0.3) is 0 Å². The number of piperazine rings is 1. The van der Waals surface area contributed by atoms with E-state index < -0.39 is 0 Å². The minimum atomic E-state index is 0.436. The molecule has 2 aliphatic rings. The Morgan fingerprint density at radius 2 is 2.00 bits per heavy atom. The quantitative estimate of drug-likeness (QED) is 0.318. The van der Waals surface area contributed by atoms with Gasteiger partial charge in [-0.1, -0.05) is 18.2 Å². The molecule has 1 aromatic carbocycles. The highest BCUT2D eigenvalue weighted by Gasteiger charge is 2.21. The number of nitrogens with one attached hydrogen (secondary N) is 2. The van der Waals surface area contributed by atoms with Crippen LogP contribution in [0.5, 0.6) is 0 Å². The van der Waals surface area contributed by atoms with Crippen LogP contribution in [0, 0.1) is 5.92 Å². The van der Waals surface area contributed by atoms with Crippen molar-refractivity contribution in [3.8, 4) is 0 Å². The average Bonchev–Trinajstić information content (AvgIpc) is 3.33. The van der Waals surface area contributed by atoms with Gasteiger partial charge in [0, 0.05) is 70.1 Å². The summed E-state index contributed by atoms with van der Waals surface area (Å²) in [6.07, 6.45) is 2.12. The van der Waals surface area contributed by atoms with Gasteiger partial charge < -0.3 is 25.0 Å². The molecular weight excluding hydrogens is 390 g/mol. The van der Waals surface area contributed by atoms with Gasteiger partial charge in [-0.05, 0) is 38.8 Å². The summed E-state index contributed by atoms with van der Waals surface area (Å²) in [6, 6.07) is 11.1. The van der Waals surface area contributed by atoms with E-state index in [2.05, 4.69) is 64.6 Å². The van der Waals surface area contributed by atoms with Gasteiger partial charge in [-0.25, -0.2) is 0 Å². The average molecular weight is 432 g/mol. The third-order valence-corrected chi connectivity index (χ3v) is 6.05. The summed E-state index contributed by atoms with van der Waals surface area (Å²) >= 11 is 0. The summed E-state index contributed by atoms with van der Waals surface area (Å²) in [4.78, 5) is 9.85. The molecule has 2 aliphatic heterocycles. The highest BCUT2D eigenvalue weighted by Crippen LogP contribution is 2.16. The molecule has 0 saturated carbocycles. The van der Waals surface area contributed by atoms with Crippen LogP contribution >= 0.6 is 0 Å². The Hall–Kier alpha value is -1.83. The molecule has 1 aromatic rings. The topological polar surface area (TPSA) is 61.4 Å². The van der Waals surface area contributed by atoms with Crippen molar-refractivity contribution in [2.75, 3.05) is 77.1 Å². The van der Waals surface area contributed by atoms with E-state index in [0.717, 1.165) is 91.0 Å². The molecule has 2 unspecified atom stereocenters. The van der Waals surface area contributed by atoms with Crippen LogP contribution in [0.1, 0.15) is 26.7 Å².